The van der Waals surface area contributed by atoms with Gasteiger partial charge >= 0.3 is 0 Å². The highest BCUT2D eigenvalue weighted by molar-refractivity contribution is 5.80. The lowest BCUT2D eigenvalue weighted by Crippen LogP contribution is -2.41. The zero-order valence-corrected chi connectivity index (χ0v) is 16.1. The summed E-state index contributed by atoms with van der Waals surface area (Å²) < 4.78 is 7.91. The van der Waals surface area contributed by atoms with Gasteiger partial charge in [-0.3, -0.25) is 4.68 Å². The van der Waals surface area contributed by atoms with Gasteiger partial charge in [-0.1, -0.05) is 6.07 Å². The van der Waals surface area contributed by atoms with Gasteiger partial charge in [-0.25, -0.2) is 9.98 Å². The third-order valence-corrected chi connectivity index (χ3v) is 4.75. The van der Waals surface area contributed by atoms with Crippen molar-refractivity contribution in [2.45, 2.75) is 39.8 Å². The van der Waals surface area contributed by atoms with E-state index in [0.717, 1.165) is 37.7 Å². The van der Waals surface area contributed by atoms with Crippen LogP contribution in [0.5, 0.6) is 5.88 Å². The normalized spacial score (nSPS) is 17.6. The summed E-state index contributed by atoms with van der Waals surface area (Å²) in [5, 5.41) is 7.88. The number of nitrogens with one attached hydrogen (secondary N) is 1. The second-order valence-corrected chi connectivity index (χ2v) is 6.59. The van der Waals surface area contributed by atoms with Crippen molar-refractivity contribution in [3.8, 4) is 5.88 Å². The zero-order chi connectivity index (χ0) is 18.5. The fraction of sp³-hybridized carbons (Fsp3) is 0.526. The monoisotopic (exact) mass is 356 g/mol. The Kier molecular flexibility index (Phi) is 5.75. The summed E-state index contributed by atoms with van der Waals surface area (Å²) in [6, 6.07) is 5.74. The van der Waals surface area contributed by atoms with E-state index in [0.29, 0.717) is 12.4 Å². The maximum absolute atomic E-state index is 5.99. The summed E-state index contributed by atoms with van der Waals surface area (Å²) in [7, 11) is 1.97. The first-order chi connectivity index (χ1) is 12.6. The molecule has 0 aliphatic carbocycles. The number of rotatable bonds is 5. The predicted octanol–water partition coefficient (Wildman–Crippen LogP) is 2.05. The summed E-state index contributed by atoms with van der Waals surface area (Å²) in [6.07, 6.45) is 2.86. The van der Waals surface area contributed by atoms with Crippen LogP contribution >= 0.6 is 0 Å². The van der Waals surface area contributed by atoms with E-state index in [4.69, 9.17) is 9.73 Å². The molecule has 7 nitrogen and oxygen atoms in total. The molecule has 0 aromatic carbocycles. The Hall–Kier alpha value is -2.57. The van der Waals surface area contributed by atoms with Crippen molar-refractivity contribution >= 4 is 5.96 Å². The second kappa shape index (κ2) is 8.21. The van der Waals surface area contributed by atoms with Gasteiger partial charge in [0.15, 0.2) is 5.96 Å². The summed E-state index contributed by atoms with van der Waals surface area (Å²) in [5.41, 5.74) is 3.41. The quantitative estimate of drug-likeness (QED) is 0.656. The Morgan fingerprint density at radius 1 is 1.38 bits per heavy atom. The molecule has 1 N–H and O–H groups in total. The molecular formula is C19H28N6O. The maximum atomic E-state index is 5.99. The van der Waals surface area contributed by atoms with Crippen LogP contribution in [0.1, 0.15) is 30.3 Å². The van der Waals surface area contributed by atoms with Gasteiger partial charge in [0.25, 0.3) is 0 Å². The lowest BCUT2D eigenvalue weighted by molar-refractivity contribution is 0.205. The number of hydrogen-bond donors (Lipinski definition) is 1. The molecule has 7 heteroatoms. The topological polar surface area (TPSA) is 67.6 Å². The van der Waals surface area contributed by atoms with Crippen molar-refractivity contribution in [1.82, 2.24) is 25.0 Å². The summed E-state index contributed by atoms with van der Waals surface area (Å²) in [5.74, 6) is 1.62. The van der Waals surface area contributed by atoms with Crippen LogP contribution < -0.4 is 10.1 Å². The van der Waals surface area contributed by atoms with Crippen LogP contribution in [0.2, 0.25) is 0 Å². The lowest BCUT2D eigenvalue weighted by atomic mass is 10.2. The average Bonchev–Trinajstić information content (AvgIpc) is 3.18. The van der Waals surface area contributed by atoms with E-state index < -0.39 is 0 Å². The molecule has 0 amide bonds. The van der Waals surface area contributed by atoms with Crippen LogP contribution in [0.3, 0.4) is 0 Å². The predicted molar refractivity (Wildman–Crippen MR) is 102 cm³/mol. The first kappa shape index (κ1) is 18.2. The van der Waals surface area contributed by atoms with Gasteiger partial charge in [0.2, 0.25) is 5.88 Å². The van der Waals surface area contributed by atoms with Crippen molar-refractivity contribution in [2.75, 3.05) is 19.6 Å². The molecule has 2 aromatic rings. The molecule has 1 unspecified atom stereocenters. The Morgan fingerprint density at radius 2 is 2.23 bits per heavy atom. The molecule has 140 valence electrons. The Bertz CT molecular complexity index is 755. The minimum atomic E-state index is 0.135. The summed E-state index contributed by atoms with van der Waals surface area (Å²) in [4.78, 5) is 11.4. The number of aryl methyl sites for hydroxylation is 2. The molecule has 0 bridgehead atoms. The Morgan fingerprint density at radius 3 is 2.88 bits per heavy atom. The van der Waals surface area contributed by atoms with Crippen molar-refractivity contribution in [3.63, 3.8) is 0 Å². The second-order valence-electron chi connectivity index (χ2n) is 6.59. The number of guanidine groups is 1. The minimum absolute atomic E-state index is 0.135. The van der Waals surface area contributed by atoms with Crippen molar-refractivity contribution in [3.05, 3.63) is 41.3 Å². The number of aliphatic imine (C=N–C) groups is 1. The van der Waals surface area contributed by atoms with Gasteiger partial charge in [0.1, 0.15) is 6.10 Å². The van der Waals surface area contributed by atoms with E-state index in [-0.39, 0.29) is 6.10 Å². The molecular weight excluding hydrogens is 328 g/mol. The third kappa shape index (κ3) is 4.15. The van der Waals surface area contributed by atoms with Gasteiger partial charge in [0.05, 0.1) is 18.8 Å². The molecule has 3 heterocycles. The minimum Gasteiger partial charge on any atom is -0.472 e. The molecule has 0 radical (unpaired) electrons. The molecule has 2 aromatic heterocycles. The van der Waals surface area contributed by atoms with Crippen LogP contribution in [0.4, 0.5) is 0 Å². The van der Waals surface area contributed by atoms with E-state index >= 15 is 0 Å². The smallest absolute Gasteiger partial charge is 0.213 e. The van der Waals surface area contributed by atoms with Crippen molar-refractivity contribution in [1.29, 1.82) is 0 Å². The average molecular weight is 356 g/mol. The lowest BCUT2D eigenvalue weighted by Gasteiger charge is -2.21. The summed E-state index contributed by atoms with van der Waals surface area (Å²) >= 11 is 0. The number of nitrogens with zero attached hydrogens (tertiary/aromatic N) is 5. The highest BCUT2D eigenvalue weighted by Crippen LogP contribution is 2.17. The Balaban J connectivity index is 1.66. The van der Waals surface area contributed by atoms with E-state index in [2.05, 4.69) is 34.1 Å². The SMILES string of the molecule is CCNC(=NCc1c(C)nn(C)c1C)N1CCC(Oc2ccccn2)C1. The van der Waals surface area contributed by atoms with Gasteiger partial charge in [-0.05, 0) is 26.8 Å². The van der Waals surface area contributed by atoms with Crippen LogP contribution in [0.15, 0.2) is 29.4 Å². The number of pyridine rings is 1. The highest BCUT2D eigenvalue weighted by atomic mass is 16.5. The summed E-state index contributed by atoms with van der Waals surface area (Å²) in [6.45, 7) is 9.43. The van der Waals surface area contributed by atoms with Crippen LogP contribution in [0, 0.1) is 13.8 Å². The fourth-order valence-corrected chi connectivity index (χ4v) is 3.23. The van der Waals surface area contributed by atoms with Gasteiger partial charge in [0, 0.05) is 50.1 Å². The highest BCUT2D eigenvalue weighted by Gasteiger charge is 2.26. The fourth-order valence-electron chi connectivity index (χ4n) is 3.23. The number of hydrogen-bond acceptors (Lipinski definition) is 4. The molecule has 0 spiro atoms. The van der Waals surface area contributed by atoms with Crippen molar-refractivity contribution in [2.24, 2.45) is 12.0 Å². The van der Waals surface area contributed by atoms with E-state index in [9.17, 15) is 0 Å². The van der Waals surface area contributed by atoms with E-state index in [1.807, 2.05) is 36.9 Å². The Labute approximate surface area is 155 Å². The molecule has 3 rings (SSSR count). The molecule has 26 heavy (non-hydrogen) atoms. The molecule has 1 atom stereocenters. The number of likely N-dealkylation sites (tertiary alicyclic amines) is 1. The number of aromatic nitrogens is 3. The third-order valence-electron chi connectivity index (χ3n) is 4.75. The largest absolute Gasteiger partial charge is 0.472 e. The van der Waals surface area contributed by atoms with Crippen molar-refractivity contribution < 1.29 is 4.74 Å². The molecule has 1 saturated heterocycles. The standard InChI is InChI=1S/C19H28N6O/c1-5-20-19(22-12-17-14(2)23-24(4)15(17)3)25-11-9-16(13-25)26-18-8-6-7-10-21-18/h6-8,10,16H,5,9,11-13H2,1-4H3,(H,20,22). The first-order valence-corrected chi connectivity index (χ1v) is 9.18. The van der Waals surface area contributed by atoms with Crippen LogP contribution in [0.25, 0.3) is 0 Å². The molecule has 1 aliphatic rings. The zero-order valence-electron chi connectivity index (χ0n) is 16.1. The molecule has 1 fully saturated rings. The van der Waals surface area contributed by atoms with E-state index in [1.165, 1.54) is 11.3 Å². The van der Waals surface area contributed by atoms with Gasteiger partial charge < -0.3 is 15.0 Å². The first-order valence-electron chi connectivity index (χ1n) is 9.18. The molecule has 1 aliphatic heterocycles. The van der Waals surface area contributed by atoms with E-state index in [1.54, 1.807) is 6.20 Å². The molecule has 0 saturated carbocycles. The van der Waals surface area contributed by atoms with Crippen LogP contribution in [-0.2, 0) is 13.6 Å². The van der Waals surface area contributed by atoms with Gasteiger partial charge in [-0.15, -0.1) is 0 Å². The number of ether oxygens (including phenoxy) is 1. The maximum Gasteiger partial charge on any atom is 0.213 e. The van der Waals surface area contributed by atoms with Gasteiger partial charge in [-0.2, -0.15) is 5.10 Å². The van der Waals surface area contributed by atoms with Crippen LogP contribution in [-0.4, -0.2) is 51.4 Å².